The molecule has 0 unspecified atom stereocenters. The zero-order valence-electron chi connectivity index (χ0n) is 14.6. The summed E-state index contributed by atoms with van der Waals surface area (Å²) in [7, 11) is 0. The number of fused-ring (bicyclic) bond motifs is 1. The average molecular weight is 384 g/mol. The number of carbonyl (C=O) groups excluding carboxylic acids is 1. The Labute approximate surface area is 159 Å². The first-order valence-corrected chi connectivity index (χ1v) is 8.33. The number of nitrogens with zero attached hydrogens (tertiary/aromatic N) is 1. The van der Waals surface area contributed by atoms with Gasteiger partial charge in [-0.1, -0.05) is 30.0 Å². The minimum Gasteiger partial charge on any atom is -0.481 e. The molecule has 0 aliphatic rings. The molecule has 1 heterocycles. The Morgan fingerprint density at radius 1 is 1.07 bits per heavy atom. The number of amides is 1. The molecular formula is C21H15F3N2O2. The fraction of sp³-hybridized carbons (Fsp3) is 0.143. The third-order valence-electron chi connectivity index (χ3n) is 3.83. The Morgan fingerprint density at radius 2 is 1.89 bits per heavy atom. The van der Waals surface area contributed by atoms with Crippen molar-refractivity contribution < 1.29 is 22.7 Å². The fourth-order valence-electron chi connectivity index (χ4n) is 2.52. The third kappa shape index (κ3) is 4.80. The Kier molecular flexibility index (Phi) is 5.80. The summed E-state index contributed by atoms with van der Waals surface area (Å²) in [6.07, 6.45) is -2.91. The number of hydrogen-bond acceptors (Lipinski definition) is 3. The van der Waals surface area contributed by atoms with Crippen LogP contribution in [-0.2, 0) is 6.18 Å². The van der Waals surface area contributed by atoms with Gasteiger partial charge in [-0.2, -0.15) is 13.2 Å². The van der Waals surface area contributed by atoms with Gasteiger partial charge in [0.1, 0.15) is 12.4 Å². The molecule has 142 valence electrons. The predicted octanol–water partition coefficient (Wildman–Crippen LogP) is 4.07. The minimum atomic E-state index is -4.60. The lowest BCUT2D eigenvalue weighted by molar-refractivity contribution is -0.137. The summed E-state index contributed by atoms with van der Waals surface area (Å²) in [5.41, 5.74) is -0.617. The number of carbonyl (C=O) groups is 1. The molecule has 3 rings (SSSR count). The standard InChI is InChI=1S/C21H15F3N2O2/c22-21(23,24)18-8-2-1-7-17(18)20(27)26-11-3-4-13-28-16-10-9-15-6-5-12-25-19(15)14-16/h1-2,5-10,12,14H,11,13H2,(H,26,27). The van der Waals surface area contributed by atoms with Crippen molar-refractivity contribution in [1.82, 2.24) is 10.3 Å². The molecule has 28 heavy (non-hydrogen) atoms. The maximum absolute atomic E-state index is 12.9. The van der Waals surface area contributed by atoms with Crippen LogP contribution in [0, 0.1) is 11.8 Å². The van der Waals surface area contributed by atoms with Gasteiger partial charge in [0, 0.05) is 17.6 Å². The Bertz CT molecular complexity index is 1050. The molecule has 7 heteroatoms. The zero-order valence-corrected chi connectivity index (χ0v) is 14.6. The largest absolute Gasteiger partial charge is 0.481 e. The molecule has 1 aromatic heterocycles. The van der Waals surface area contributed by atoms with Gasteiger partial charge >= 0.3 is 6.18 Å². The second kappa shape index (κ2) is 8.44. The van der Waals surface area contributed by atoms with Crippen molar-refractivity contribution >= 4 is 16.8 Å². The van der Waals surface area contributed by atoms with Gasteiger partial charge in [0.15, 0.2) is 0 Å². The number of hydrogen-bond donors (Lipinski definition) is 1. The van der Waals surface area contributed by atoms with E-state index in [1.54, 1.807) is 18.3 Å². The number of ether oxygens (including phenoxy) is 1. The molecule has 1 amide bonds. The number of rotatable bonds is 4. The van der Waals surface area contributed by atoms with Crippen molar-refractivity contribution in [2.45, 2.75) is 6.18 Å². The summed E-state index contributed by atoms with van der Waals surface area (Å²) >= 11 is 0. The Morgan fingerprint density at radius 3 is 2.71 bits per heavy atom. The number of alkyl halides is 3. The number of nitrogens with one attached hydrogen (secondary N) is 1. The van der Waals surface area contributed by atoms with Crippen molar-refractivity contribution in [2.75, 3.05) is 13.2 Å². The van der Waals surface area contributed by atoms with Gasteiger partial charge < -0.3 is 10.1 Å². The van der Waals surface area contributed by atoms with Crippen LogP contribution in [0.2, 0.25) is 0 Å². The molecule has 0 bridgehead atoms. The lowest BCUT2D eigenvalue weighted by Crippen LogP contribution is -2.26. The van der Waals surface area contributed by atoms with E-state index in [4.69, 9.17) is 4.74 Å². The molecule has 0 saturated carbocycles. The van der Waals surface area contributed by atoms with Crippen LogP contribution in [0.25, 0.3) is 10.9 Å². The predicted molar refractivity (Wildman–Crippen MR) is 98.8 cm³/mol. The molecular weight excluding hydrogens is 369 g/mol. The maximum Gasteiger partial charge on any atom is 0.417 e. The number of pyridine rings is 1. The van der Waals surface area contributed by atoms with Gasteiger partial charge in [-0.25, -0.2) is 0 Å². The summed E-state index contributed by atoms with van der Waals surface area (Å²) < 4.78 is 44.3. The normalized spacial score (nSPS) is 10.8. The van der Waals surface area contributed by atoms with Crippen LogP contribution in [0.15, 0.2) is 60.8 Å². The maximum atomic E-state index is 12.9. The minimum absolute atomic E-state index is 0.0767. The second-order valence-electron chi connectivity index (χ2n) is 5.73. The highest BCUT2D eigenvalue weighted by atomic mass is 19.4. The summed E-state index contributed by atoms with van der Waals surface area (Å²) in [6.45, 7) is -0.0129. The molecule has 0 spiro atoms. The van der Waals surface area contributed by atoms with E-state index >= 15 is 0 Å². The Hall–Kier alpha value is -3.53. The van der Waals surface area contributed by atoms with Crippen LogP contribution in [0.1, 0.15) is 15.9 Å². The SMILES string of the molecule is O=C(NCC#CCOc1ccc2cccnc2c1)c1ccccc1C(F)(F)F. The van der Waals surface area contributed by atoms with E-state index in [-0.39, 0.29) is 13.2 Å². The third-order valence-corrected chi connectivity index (χ3v) is 3.83. The van der Waals surface area contributed by atoms with Crippen LogP contribution >= 0.6 is 0 Å². The summed E-state index contributed by atoms with van der Waals surface area (Å²) in [6, 6.07) is 13.8. The van der Waals surface area contributed by atoms with Crippen molar-refractivity contribution in [3.05, 3.63) is 71.9 Å². The van der Waals surface area contributed by atoms with E-state index in [1.165, 1.54) is 12.1 Å². The zero-order chi connectivity index (χ0) is 20.0. The average Bonchev–Trinajstić information content (AvgIpc) is 2.69. The van der Waals surface area contributed by atoms with Crippen LogP contribution in [-0.4, -0.2) is 24.0 Å². The van der Waals surface area contributed by atoms with Crippen molar-refractivity contribution in [3.63, 3.8) is 0 Å². The second-order valence-corrected chi connectivity index (χ2v) is 5.73. The van der Waals surface area contributed by atoms with E-state index in [0.717, 1.165) is 23.0 Å². The highest BCUT2D eigenvalue weighted by Crippen LogP contribution is 2.31. The van der Waals surface area contributed by atoms with Gasteiger partial charge in [-0.15, -0.1) is 0 Å². The molecule has 0 radical (unpaired) electrons. The monoisotopic (exact) mass is 384 g/mol. The van der Waals surface area contributed by atoms with Gasteiger partial charge in [-0.3, -0.25) is 9.78 Å². The van der Waals surface area contributed by atoms with E-state index in [2.05, 4.69) is 22.1 Å². The molecule has 3 aromatic rings. The van der Waals surface area contributed by atoms with Crippen LogP contribution in [0.3, 0.4) is 0 Å². The molecule has 0 aliphatic heterocycles. The highest BCUT2D eigenvalue weighted by Gasteiger charge is 2.34. The van der Waals surface area contributed by atoms with Gasteiger partial charge in [0.05, 0.1) is 23.2 Å². The first kappa shape index (κ1) is 19.2. The van der Waals surface area contributed by atoms with Crippen LogP contribution < -0.4 is 10.1 Å². The number of benzene rings is 2. The highest BCUT2D eigenvalue weighted by molar-refractivity contribution is 5.96. The van der Waals surface area contributed by atoms with Gasteiger partial charge in [-0.05, 0) is 30.3 Å². The van der Waals surface area contributed by atoms with Crippen molar-refractivity contribution in [3.8, 4) is 17.6 Å². The van der Waals surface area contributed by atoms with Gasteiger partial charge in [0.25, 0.3) is 5.91 Å². The number of aromatic nitrogens is 1. The lowest BCUT2D eigenvalue weighted by atomic mass is 10.1. The van der Waals surface area contributed by atoms with Crippen molar-refractivity contribution in [1.29, 1.82) is 0 Å². The molecule has 0 fully saturated rings. The first-order chi connectivity index (χ1) is 13.4. The van der Waals surface area contributed by atoms with E-state index in [1.807, 2.05) is 18.2 Å². The smallest absolute Gasteiger partial charge is 0.417 e. The van der Waals surface area contributed by atoms with Crippen LogP contribution in [0.4, 0.5) is 13.2 Å². The quantitative estimate of drug-likeness (QED) is 0.690. The van der Waals surface area contributed by atoms with Gasteiger partial charge in [0.2, 0.25) is 0 Å². The van der Waals surface area contributed by atoms with E-state index in [9.17, 15) is 18.0 Å². The summed E-state index contributed by atoms with van der Waals surface area (Å²) in [4.78, 5) is 16.2. The summed E-state index contributed by atoms with van der Waals surface area (Å²) in [5.74, 6) is 5.12. The van der Waals surface area contributed by atoms with Crippen molar-refractivity contribution in [2.24, 2.45) is 0 Å². The molecule has 0 atom stereocenters. The fourth-order valence-corrected chi connectivity index (χ4v) is 2.52. The van der Waals surface area contributed by atoms with Crippen LogP contribution in [0.5, 0.6) is 5.75 Å². The van der Waals surface area contributed by atoms with E-state index < -0.39 is 23.2 Å². The van der Waals surface area contributed by atoms with E-state index in [0.29, 0.717) is 5.75 Å². The molecule has 0 aliphatic carbocycles. The molecule has 2 aromatic carbocycles. The lowest BCUT2D eigenvalue weighted by Gasteiger charge is -2.11. The summed E-state index contributed by atoms with van der Waals surface area (Å²) in [5, 5.41) is 3.34. The number of halogens is 3. The first-order valence-electron chi connectivity index (χ1n) is 8.33. The molecule has 0 saturated heterocycles. The molecule has 4 nitrogen and oxygen atoms in total. The topological polar surface area (TPSA) is 51.2 Å². The Balaban J connectivity index is 1.52. The molecule has 1 N–H and O–H groups in total.